The predicted molar refractivity (Wildman–Crippen MR) is 97.2 cm³/mol. The molecule has 2 amide bonds. The van der Waals surface area contributed by atoms with Crippen LogP contribution in [-0.4, -0.2) is 47.8 Å². The van der Waals surface area contributed by atoms with Crippen molar-refractivity contribution in [2.45, 2.75) is 13.0 Å². The molecule has 1 saturated heterocycles. The number of primary amides is 1. The minimum absolute atomic E-state index is 0.0374. The van der Waals surface area contributed by atoms with Crippen LogP contribution in [0.25, 0.3) is 0 Å². The van der Waals surface area contributed by atoms with E-state index in [-0.39, 0.29) is 11.7 Å². The molecular formula is C20H22FN3O2. The second-order valence-corrected chi connectivity index (χ2v) is 6.49. The third-order valence-corrected chi connectivity index (χ3v) is 4.61. The van der Waals surface area contributed by atoms with Crippen LogP contribution in [0.5, 0.6) is 0 Å². The van der Waals surface area contributed by atoms with Crippen LogP contribution < -0.4 is 5.73 Å². The lowest BCUT2D eigenvalue weighted by atomic mass is 10.1. The summed E-state index contributed by atoms with van der Waals surface area (Å²) in [6.07, 6.45) is 0.881. The van der Waals surface area contributed by atoms with Gasteiger partial charge in [-0.2, -0.15) is 0 Å². The van der Waals surface area contributed by atoms with E-state index in [1.807, 2.05) is 4.90 Å². The second-order valence-electron chi connectivity index (χ2n) is 6.49. The summed E-state index contributed by atoms with van der Waals surface area (Å²) in [5, 5.41) is 0. The molecule has 3 rings (SSSR count). The fourth-order valence-corrected chi connectivity index (χ4v) is 3.14. The number of nitrogens with two attached hydrogens (primary N) is 1. The van der Waals surface area contributed by atoms with Gasteiger partial charge in [-0.25, -0.2) is 4.39 Å². The Morgan fingerprint density at radius 3 is 2.19 bits per heavy atom. The number of benzene rings is 2. The van der Waals surface area contributed by atoms with Gasteiger partial charge in [0.15, 0.2) is 0 Å². The number of rotatable bonds is 4. The van der Waals surface area contributed by atoms with Crippen LogP contribution in [0.4, 0.5) is 4.39 Å². The van der Waals surface area contributed by atoms with Crippen molar-refractivity contribution in [3.05, 3.63) is 71.0 Å². The molecule has 0 aliphatic carbocycles. The Morgan fingerprint density at radius 2 is 1.54 bits per heavy atom. The summed E-state index contributed by atoms with van der Waals surface area (Å²) in [5.74, 6) is -0.774. The molecule has 0 bridgehead atoms. The third-order valence-electron chi connectivity index (χ3n) is 4.61. The average Bonchev–Trinajstić information content (AvgIpc) is 2.89. The van der Waals surface area contributed by atoms with Crippen molar-refractivity contribution in [2.75, 3.05) is 26.2 Å². The number of nitrogens with zero attached hydrogens (tertiary/aromatic N) is 2. The van der Waals surface area contributed by atoms with Crippen molar-refractivity contribution >= 4 is 11.8 Å². The van der Waals surface area contributed by atoms with Gasteiger partial charge >= 0.3 is 0 Å². The number of carbonyl (C=O) groups is 2. The van der Waals surface area contributed by atoms with Crippen molar-refractivity contribution < 1.29 is 14.0 Å². The maximum atomic E-state index is 13.0. The van der Waals surface area contributed by atoms with Crippen LogP contribution in [0.2, 0.25) is 0 Å². The van der Waals surface area contributed by atoms with Crippen molar-refractivity contribution in [2.24, 2.45) is 5.73 Å². The summed E-state index contributed by atoms with van der Waals surface area (Å²) in [7, 11) is 0. The zero-order chi connectivity index (χ0) is 18.5. The first-order valence-corrected chi connectivity index (χ1v) is 8.69. The van der Waals surface area contributed by atoms with Crippen LogP contribution in [0.15, 0.2) is 48.5 Å². The molecule has 1 aliphatic rings. The Kier molecular flexibility index (Phi) is 5.63. The van der Waals surface area contributed by atoms with E-state index in [1.54, 1.807) is 36.4 Å². The van der Waals surface area contributed by atoms with E-state index in [2.05, 4.69) is 4.90 Å². The van der Waals surface area contributed by atoms with Crippen molar-refractivity contribution in [1.82, 2.24) is 9.80 Å². The molecule has 2 N–H and O–H groups in total. The first-order chi connectivity index (χ1) is 12.5. The largest absolute Gasteiger partial charge is 0.366 e. The van der Waals surface area contributed by atoms with Gasteiger partial charge in [-0.1, -0.05) is 12.1 Å². The van der Waals surface area contributed by atoms with Gasteiger partial charge in [-0.05, 0) is 48.4 Å². The van der Waals surface area contributed by atoms with Gasteiger partial charge in [-0.3, -0.25) is 14.5 Å². The number of hydrogen-bond acceptors (Lipinski definition) is 3. The molecule has 0 atom stereocenters. The van der Waals surface area contributed by atoms with E-state index in [0.717, 1.165) is 31.6 Å². The summed E-state index contributed by atoms with van der Waals surface area (Å²) in [6.45, 7) is 3.73. The van der Waals surface area contributed by atoms with E-state index in [1.165, 1.54) is 12.1 Å². The maximum Gasteiger partial charge on any atom is 0.253 e. The molecule has 1 aliphatic heterocycles. The average molecular weight is 355 g/mol. The molecule has 0 radical (unpaired) electrons. The SMILES string of the molecule is NC(=O)c1ccc(C(=O)N2CCCN(Cc3ccc(F)cc3)CC2)cc1. The Bertz CT molecular complexity index is 775. The van der Waals surface area contributed by atoms with E-state index in [9.17, 15) is 14.0 Å². The predicted octanol–water partition coefficient (Wildman–Crippen LogP) is 2.27. The Labute approximate surface area is 152 Å². The number of amides is 2. The van der Waals surface area contributed by atoms with E-state index >= 15 is 0 Å². The topological polar surface area (TPSA) is 66.6 Å². The van der Waals surface area contributed by atoms with Gasteiger partial charge in [0, 0.05) is 43.9 Å². The number of hydrogen-bond donors (Lipinski definition) is 1. The highest BCUT2D eigenvalue weighted by molar-refractivity contribution is 5.97. The molecule has 0 aromatic heterocycles. The Balaban J connectivity index is 1.59. The number of halogens is 1. The van der Waals surface area contributed by atoms with Gasteiger partial charge in [0.05, 0.1) is 0 Å². The quantitative estimate of drug-likeness (QED) is 0.915. The first-order valence-electron chi connectivity index (χ1n) is 8.69. The standard InChI is InChI=1S/C20H22FN3O2/c21-18-8-2-15(3-9-18)14-23-10-1-11-24(13-12-23)20(26)17-6-4-16(5-7-17)19(22)25/h2-9H,1,10-14H2,(H2,22,25). The van der Waals surface area contributed by atoms with Gasteiger partial charge < -0.3 is 10.6 Å². The summed E-state index contributed by atoms with van der Waals surface area (Å²) in [6, 6.07) is 13.0. The van der Waals surface area contributed by atoms with E-state index in [4.69, 9.17) is 5.73 Å². The molecule has 1 fully saturated rings. The Hall–Kier alpha value is -2.73. The molecule has 26 heavy (non-hydrogen) atoms. The molecule has 0 spiro atoms. The summed E-state index contributed by atoms with van der Waals surface area (Å²) >= 11 is 0. The Morgan fingerprint density at radius 1 is 0.885 bits per heavy atom. The van der Waals surface area contributed by atoms with Crippen molar-refractivity contribution in [3.63, 3.8) is 0 Å². The normalized spacial score (nSPS) is 15.5. The maximum absolute atomic E-state index is 13.0. The lowest BCUT2D eigenvalue weighted by Gasteiger charge is -2.22. The van der Waals surface area contributed by atoms with Crippen LogP contribution in [0.3, 0.4) is 0 Å². The van der Waals surface area contributed by atoms with Crippen LogP contribution in [0.1, 0.15) is 32.7 Å². The summed E-state index contributed by atoms with van der Waals surface area (Å²) in [4.78, 5) is 27.9. The highest BCUT2D eigenvalue weighted by Gasteiger charge is 2.20. The molecule has 6 heteroatoms. The third kappa shape index (κ3) is 4.46. The first kappa shape index (κ1) is 18.1. The van der Waals surface area contributed by atoms with Gasteiger partial charge in [-0.15, -0.1) is 0 Å². The van der Waals surface area contributed by atoms with Crippen LogP contribution in [0, 0.1) is 5.82 Å². The summed E-state index contributed by atoms with van der Waals surface area (Å²) in [5.41, 5.74) is 7.24. The monoisotopic (exact) mass is 355 g/mol. The van der Waals surface area contributed by atoms with Gasteiger partial charge in [0.25, 0.3) is 5.91 Å². The molecule has 136 valence electrons. The highest BCUT2D eigenvalue weighted by atomic mass is 19.1. The lowest BCUT2D eigenvalue weighted by molar-refractivity contribution is 0.0760. The van der Waals surface area contributed by atoms with Crippen molar-refractivity contribution in [1.29, 1.82) is 0 Å². The van der Waals surface area contributed by atoms with E-state index < -0.39 is 5.91 Å². The molecular weight excluding hydrogens is 333 g/mol. The lowest BCUT2D eigenvalue weighted by Crippen LogP contribution is -2.35. The van der Waals surface area contributed by atoms with Crippen LogP contribution in [-0.2, 0) is 6.54 Å². The molecule has 0 unspecified atom stereocenters. The number of carbonyl (C=O) groups excluding carboxylic acids is 2. The van der Waals surface area contributed by atoms with Gasteiger partial charge in [0.1, 0.15) is 5.82 Å². The minimum Gasteiger partial charge on any atom is -0.366 e. The zero-order valence-electron chi connectivity index (χ0n) is 14.5. The van der Waals surface area contributed by atoms with Crippen LogP contribution >= 0.6 is 0 Å². The molecule has 2 aromatic rings. The minimum atomic E-state index is -0.504. The van der Waals surface area contributed by atoms with Crippen molar-refractivity contribution in [3.8, 4) is 0 Å². The highest BCUT2D eigenvalue weighted by Crippen LogP contribution is 2.13. The molecule has 0 saturated carbocycles. The molecule has 1 heterocycles. The molecule has 2 aromatic carbocycles. The zero-order valence-corrected chi connectivity index (χ0v) is 14.5. The van der Waals surface area contributed by atoms with Gasteiger partial charge in [0.2, 0.25) is 5.91 Å². The second kappa shape index (κ2) is 8.10. The fraction of sp³-hybridized carbons (Fsp3) is 0.300. The smallest absolute Gasteiger partial charge is 0.253 e. The molecule has 5 nitrogen and oxygen atoms in total. The van der Waals surface area contributed by atoms with E-state index in [0.29, 0.717) is 24.2 Å². The fourth-order valence-electron chi connectivity index (χ4n) is 3.14. The summed E-state index contributed by atoms with van der Waals surface area (Å²) < 4.78 is 13.0.